The van der Waals surface area contributed by atoms with Crippen LogP contribution in [0, 0.1) is 0 Å². The Labute approximate surface area is 54.1 Å². The van der Waals surface area contributed by atoms with Gasteiger partial charge in [-0.25, -0.2) is 4.79 Å². The SMILES string of the molecule is O=c1ccn(O)c(=O)n1O. The van der Waals surface area contributed by atoms with Gasteiger partial charge >= 0.3 is 5.69 Å². The zero-order valence-electron chi connectivity index (χ0n) is 4.76. The first-order chi connectivity index (χ1) is 4.63. The van der Waals surface area contributed by atoms with E-state index in [1.165, 1.54) is 0 Å². The van der Waals surface area contributed by atoms with Gasteiger partial charge < -0.3 is 10.4 Å². The topological polar surface area (TPSA) is 84.5 Å². The lowest BCUT2D eigenvalue weighted by atomic mass is 10.7. The third-order valence-corrected chi connectivity index (χ3v) is 0.944. The fourth-order valence-corrected chi connectivity index (χ4v) is 0.460. The van der Waals surface area contributed by atoms with Crippen LogP contribution < -0.4 is 11.2 Å². The van der Waals surface area contributed by atoms with Gasteiger partial charge in [0, 0.05) is 6.07 Å². The molecule has 6 nitrogen and oxygen atoms in total. The van der Waals surface area contributed by atoms with E-state index >= 15 is 0 Å². The van der Waals surface area contributed by atoms with E-state index in [4.69, 9.17) is 10.4 Å². The molecule has 0 unspecified atom stereocenters. The van der Waals surface area contributed by atoms with Crippen LogP contribution in [0.1, 0.15) is 0 Å². The van der Waals surface area contributed by atoms with Crippen LogP contribution in [0.15, 0.2) is 21.9 Å². The molecule has 0 saturated heterocycles. The summed E-state index contributed by atoms with van der Waals surface area (Å²) in [5.41, 5.74) is -2.07. The van der Waals surface area contributed by atoms with Crippen molar-refractivity contribution in [1.29, 1.82) is 0 Å². The fraction of sp³-hybridized carbons (Fsp3) is 0. The Balaban J connectivity index is 3.66. The minimum absolute atomic E-state index is 0.0986. The summed E-state index contributed by atoms with van der Waals surface area (Å²) in [6, 6.07) is 0.849. The van der Waals surface area contributed by atoms with Gasteiger partial charge in [0.25, 0.3) is 5.56 Å². The van der Waals surface area contributed by atoms with Crippen molar-refractivity contribution in [1.82, 2.24) is 9.46 Å². The Morgan fingerprint density at radius 1 is 1.30 bits per heavy atom. The summed E-state index contributed by atoms with van der Waals surface area (Å²) in [7, 11) is 0. The molecule has 10 heavy (non-hydrogen) atoms. The Morgan fingerprint density at radius 2 is 1.90 bits per heavy atom. The summed E-state index contributed by atoms with van der Waals surface area (Å²) in [5, 5.41) is 17.0. The molecule has 0 atom stereocenters. The maximum atomic E-state index is 10.4. The highest BCUT2D eigenvalue weighted by molar-refractivity contribution is 4.80. The number of rotatable bonds is 0. The molecular weight excluding hydrogens is 140 g/mol. The lowest BCUT2D eigenvalue weighted by molar-refractivity contribution is 0.102. The zero-order chi connectivity index (χ0) is 7.72. The highest BCUT2D eigenvalue weighted by Gasteiger charge is 1.98. The van der Waals surface area contributed by atoms with E-state index in [0.29, 0.717) is 0 Å². The van der Waals surface area contributed by atoms with Gasteiger partial charge in [0.15, 0.2) is 0 Å². The molecule has 2 N–H and O–H groups in total. The Kier molecular flexibility index (Phi) is 1.22. The highest BCUT2D eigenvalue weighted by atomic mass is 16.5. The molecule has 0 aliphatic carbocycles. The van der Waals surface area contributed by atoms with Gasteiger partial charge in [-0.2, -0.15) is 0 Å². The largest absolute Gasteiger partial charge is 0.424 e. The van der Waals surface area contributed by atoms with Crippen LogP contribution in [-0.2, 0) is 0 Å². The summed E-state index contributed by atoms with van der Waals surface area (Å²) in [4.78, 5) is 20.8. The third kappa shape index (κ3) is 0.750. The van der Waals surface area contributed by atoms with Crippen LogP contribution >= 0.6 is 0 Å². The first-order valence-corrected chi connectivity index (χ1v) is 2.36. The fourth-order valence-electron chi connectivity index (χ4n) is 0.460. The van der Waals surface area contributed by atoms with E-state index in [9.17, 15) is 9.59 Å². The van der Waals surface area contributed by atoms with Crippen molar-refractivity contribution in [2.45, 2.75) is 0 Å². The molecule has 0 aliphatic heterocycles. The molecule has 0 fully saturated rings. The Morgan fingerprint density at radius 3 is 2.40 bits per heavy atom. The van der Waals surface area contributed by atoms with Crippen LogP contribution in [-0.4, -0.2) is 19.9 Å². The average molecular weight is 144 g/mol. The molecule has 0 saturated carbocycles. The molecule has 1 rings (SSSR count). The first-order valence-electron chi connectivity index (χ1n) is 2.36. The maximum absolute atomic E-state index is 10.4. The Bertz CT molecular complexity index is 349. The van der Waals surface area contributed by atoms with Crippen LogP contribution in [0.3, 0.4) is 0 Å². The van der Waals surface area contributed by atoms with Gasteiger partial charge in [0.1, 0.15) is 0 Å². The molecule has 0 aromatic carbocycles. The Hall–Kier alpha value is -1.72. The second kappa shape index (κ2) is 1.90. The van der Waals surface area contributed by atoms with Gasteiger partial charge in [-0.3, -0.25) is 4.79 Å². The van der Waals surface area contributed by atoms with Crippen LogP contribution in [0.5, 0.6) is 0 Å². The van der Waals surface area contributed by atoms with Crippen molar-refractivity contribution in [2.24, 2.45) is 0 Å². The van der Waals surface area contributed by atoms with Crippen LogP contribution in [0.25, 0.3) is 0 Å². The molecule has 0 spiro atoms. The monoisotopic (exact) mass is 144 g/mol. The lowest BCUT2D eigenvalue weighted by Crippen LogP contribution is -2.36. The highest BCUT2D eigenvalue weighted by Crippen LogP contribution is 1.64. The molecule has 6 heteroatoms. The number of nitrogens with zero attached hydrogens (tertiary/aromatic N) is 2. The van der Waals surface area contributed by atoms with Crippen molar-refractivity contribution in [3.05, 3.63) is 33.1 Å². The van der Waals surface area contributed by atoms with Crippen molar-refractivity contribution in [2.75, 3.05) is 0 Å². The van der Waals surface area contributed by atoms with E-state index in [2.05, 4.69) is 0 Å². The number of hydrogen-bond acceptors (Lipinski definition) is 4. The van der Waals surface area contributed by atoms with E-state index in [1.807, 2.05) is 0 Å². The van der Waals surface area contributed by atoms with Crippen LogP contribution in [0.4, 0.5) is 0 Å². The third-order valence-electron chi connectivity index (χ3n) is 0.944. The molecule has 54 valence electrons. The summed E-state index contributed by atoms with van der Waals surface area (Å²) >= 11 is 0. The summed E-state index contributed by atoms with van der Waals surface area (Å²) in [5.74, 6) is 0. The van der Waals surface area contributed by atoms with E-state index in [-0.39, 0.29) is 9.46 Å². The number of hydrogen-bond donors (Lipinski definition) is 2. The van der Waals surface area contributed by atoms with Gasteiger partial charge in [-0.15, -0.1) is 4.73 Å². The van der Waals surface area contributed by atoms with E-state index in [0.717, 1.165) is 12.3 Å². The van der Waals surface area contributed by atoms with Crippen molar-refractivity contribution >= 4 is 0 Å². The first kappa shape index (κ1) is 6.40. The normalized spacial score (nSPS) is 9.60. The predicted molar refractivity (Wildman–Crippen MR) is 29.3 cm³/mol. The second-order valence-electron chi connectivity index (χ2n) is 1.59. The predicted octanol–water partition coefficient (Wildman–Crippen LogP) is -1.52. The molecule has 1 aromatic heterocycles. The quantitative estimate of drug-likeness (QED) is 0.433. The molecule has 0 radical (unpaired) electrons. The summed E-state index contributed by atoms with van der Waals surface area (Å²) in [6.45, 7) is 0. The smallest absolute Gasteiger partial charge is 0.397 e. The maximum Gasteiger partial charge on any atom is 0.397 e. The average Bonchev–Trinajstić information content (AvgIpc) is 1.93. The molecule has 0 amide bonds. The molecule has 0 aliphatic rings. The molecular formula is C4H4N2O4. The van der Waals surface area contributed by atoms with Gasteiger partial charge in [0.2, 0.25) is 0 Å². The molecule has 1 aromatic rings. The van der Waals surface area contributed by atoms with Gasteiger partial charge in [-0.05, 0) is 0 Å². The summed E-state index contributed by atoms with van der Waals surface area (Å²) < 4.78 is -0.0958. The van der Waals surface area contributed by atoms with Crippen molar-refractivity contribution in [3.8, 4) is 0 Å². The summed E-state index contributed by atoms with van der Waals surface area (Å²) in [6.07, 6.45) is 0.845. The lowest BCUT2D eigenvalue weighted by Gasteiger charge is -1.94. The van der Waals surface area contributed by atoms with Crippen LogP contribution in [0.2, 0.25) is 0 Å². The minimum atomic E-state index is -1.19. The molecule has 0 bridgehead atoms. The van der Waals surface area contributed by atoms with Crippen molar-refractivity contribution < 1.29 is 10.4 Å². The van der Waals surface area contributed by atoms with Gasteiger partial charge in [-0.1, -0.05) is 4.73 Å². The van der Waals surface area contributed by atoms with Crippen molar-refractivity contribution in [3.63, 3.8) is 0 Å². The molecule has 1 heterocycles. The van der Waals surface area contributed by atoms with E-state index < -0.39 is 11.2 Å². The van der Waals surface area contributed by atoms with Gasteiger partial charge in [0.05, 0.1) is 6.20 Å². The standard InChI is InChI=1S/C4H4N2O4/c7-3-1-2-5(9)4(8)6(3)10/h1-2,9-10H. The zero-order valence-corrected chi connectivity index (χ0v) is 4.76. The van der Waals surface area contributed by atoms with E-state index in [1.54, 1.807) is 0 Å². The number of aromatic nitrogens is 2. The second-order valence-corrected chi connectivity index (χ2v) is 1.59. The minimum Gasteiger partial charge on any atom is -0.424 e.